The number of nitrogens with one attached hydrogen (secondary N) is 1. The normalized spacial score (nSPS) is 16.0. The monoisotopic (exact) mass is 502 g/mol. The molecule has 1 N–H and O–H groups in total. The standard InChI is InChI=1S/C28H35FN8/c1-6-36-9-7-20(8-10-36)18(4)24-14-31-27(15-30-24)35-26-13-23(32-16-33-26)21-11-22(29)28-25(12-21)37(17(2)3)19(5)34-28/h11-18,20H,6-10H2,1-5H3,(H,31,32,33,35). The lowest BCUT2D eigenvalue weighted by Gasteiger charge is -2.33. The van der Waals surface area contributed by atoms with E-state index < -0.39 is 0 Å². The fourth-order valence-corrected chi connectivity index (χ4v) is 5.43. The van der Waals surface area contributed by atoms with Gasteiger partial charge in [-0.1, -0.05) is 13.8 Å². The summed E-state index contributed by atoms with van der Waals surface area (Å²) in [5, 5.41) is 3.22. The molecule has 1 unspecified atom stereocenters. The van der Waals surface area contributed by atoms with E-state index in [1.807, 2.05) is 23.8 Å². The van der Waals surface area contributed by atoms with Crippen molar-refractivity contribution in [2.24, 2.45) is 5.92 Å². The van der Waals surface area contributed by atoms with Crippen LogP contribution in [0.15, 0.2) is 36.9 Å². The number of piperidine rings is 1. The van der Waals surface area contributed by atoms with Crippen LogP contribution in [-0.4, -0.2) is 54.0 Å². The molecule has 1 fully saturated rings. The average molecular weight is 503 g/mol. The van der Waals surface area contributed by atoms with Gasteiger partial charge in [0, 0.05) is 23.6 Å². The lowest BCUT2D eigenvalue weighted by molar-refractivity contribution is 0.177. The maximum absolute atomic E-state index is 15.0. The van der Waals surface area contributed by atoms with Gasteiger partial charge in [-0.25, -0.2) is 24.3 Å². The molecule has 0 saturated carbocycles. The number of fused-ring (bicyclic) bond motifs is 1. The van der Waals surface area contributed by atoms with Crippen LogP contribution >= 0.6 is 0 Å². The molecule has 0 bridgehead atoms. The fourth-order valence-electron chi connectivity index (χ4n) is 5.43. The summed E-state index contributed by atoms with van der Waals surface area (Å²) in [5.41, 5.74) is 3.44. The van der Waals surface area contributed by atoms with Crippen molar-refractivity contribution in [3.63, 3.8) is 0 Å². The van der Waals surface area contributed by atoms with Crippen LogP contribution in [0.2, 0.25) is 0 Å². The molecule has 0 spiro atoms. The molecule has 1 atom stereocenters. The molecule has 0 amide bonds. The molecule has 9 heteroatoms. The summed E-state index contributed by atoms with van der Waals surface area (Å²) >= 11 is 0. The van der Waals surface area contributed by atoms with Crippen molar-refractivity contribution in [1.29, 1.82) is 0 Å². The maximum Gasteiger partial charge on any atom is 0.151 e. The summed E-state index contributed by atoms with van der Waals surface area (Å²) in [7, 11) is 0. The van der Waals surface area contributed by atoms with Crippen molar-refractivity contribution in [3.05, 3.63) is 54.3 Å². The zero-order chi connectivity index (χ0) is 26.1. The number of hydrogen-bond donors (Lipinski definition) is 1. The molecule has 1 saturated heterocycles. The van der Waals surface area contributed by atoms with Gasteiger partial charge in [0.1, 0.15) is 29.3 Å². The van der Waals surface area contributed by atoms with Crippen LogP contribution < -0.4 is 5.32 Å². The van der Waals surface area contributed by atoms with E-state index in [0.717, 1.165) is 36.7 Å². The molecule has 1 aliphatic rings. The van der Waals surface area contributed by atoms with Crippen LogP contribution in [0.3, 0.4) is 0 Å². The van der Waals surface area contributed by atoms with Gasteiger partial charge in [-0.3, -0.25) is 4.98 Å². The van der Waals surface area contributed by atoms with Gasteiger partial charge in [-0.05, 0) is 71.3 Å². The van der Waals surface area contributed by atoms with Crippen molar-refractivity contribution >= 4 is 22.7 Å². The number of anilines is 2. The minimum atomic E-state index is -0.362. The third kappa shape index (κ3) is 5.18. The lowest BCUT2D eigenvalue weighted by Crippen LogP contribution is -2.35. The smallest absolute Gasteiger partial charge is 0.151 e. The predicted molar refractivity (Wildman–Crippen MR) is 144 cm³/mol. The Kier molecular flexibility index (Phi) is 7.15. The molecule has 194 valence electrons. The summed E-state index contributed by atoms with van der Waals surface area (Å²) in [5.74, 6) is 2.61. The van der Waals surface area contributed by atoms with Crippen LogP contribution in [0.4, 0.5) is 16.0 Å². The Hall–Kier alpha value is -3.46. The van der Waals surface area contributed by atoms with E-state index in [0.29, 0.717) is 40.2 Å². The minimum Gasteiger partial charge on any atom is -0.326 e. The highest BCUT2D eigenvalue weighted by molar-refractivity contribution is 5.83. The quantitative estimate of drug-likeness (QED) is 0.337. The molecule has 0 aliphatic carbocycles. The van der Waals surface area contributed by atoms with Crippen molar-refractivity contribution < 1.29 is 4.39 Å². The van der Waals surface area contributed by atoms with Crippen LogP contribution in [0.25, 0.3) is 22.3 Å². The zero-order valence-electron chi connectivity index (χ0n) is 22.2. The van der Waals surface area contributed by atoms with Crippen molar-refractivity contribution in [3.8, 4) is 11.3 Å². The summed E-state index contributed by atoms with van der Waals surface area (Å²) in [6.45, 7) is 13.9. The maximum atomic E-state index is 15.0. The van der Waals surface area contributed by atoms with Gasteiger partial charge in [-0.2, -0.15) is 0 Å². The fraction of sp³-hybridized carbons (Fsp3) is 0.464. The number of aryl methyl sites for hydroxylation is 1. The molecule has 8 nitrogen and oxygen atoms in total. The van der Waals surface area contributed by atoms with Gasteiger partial charge in [0.25, 0.3) is 0 Å². The number of rotatable bonds is 7. The van der Waals surface area contributed by atoms with Gasteiger partial charge in [0.2, 0.25) is 0 Å². The molecule has 3 aromatic heterocycles. The largest absolute Gasteiger partial charge is 0.326 e. The number of hydrogen-bond acceptors (Lipinski definition) is 7. The van der Waals surface area contributed by atoms with Crippen LogP contribution in [0, 0.1) is 18.7 Å². The number of nitrogens with zero attached hydrogens (tertiary/aromatic N) is 7. The van der Waals surface area contributed by atoms with Gasteiger partial charge in [0.15, 0.2) is 5.82 Å². The van der Waals surface area contributed by atoms with E-state index in [4.69, 9.17) is 4.98 Å². The SMILES string of the molecule is CCN1CCC(C(C)c2cnc(Nc3cc(-c4cc(F)c5nc(C)n(C(C)C)c5c4)ncn3)cn2)CC1. The van der Waals surface area contributed by atoms with Crippen molar-refractivity contribution in [2.45, 2.75) is 59.4 Å². The minimum absolute atomic E-state index is 0.163. The molecule has 1 aromatic carbocycles. The van der Waals surface area contributed by atoms with Crippen LogP contribution in [-0.2, 0) is 0 Å². The molecule has 4 heterocycles. The highest BCUT2D eigenvalue weighted by Gasteiger charge is 2.25. The number of aromatic nitrogens is 6. The van der Waals surface area contributed by atoms with Gasteiger partial charge in [-0.15, -0.1) is 0 Å². The molecular formula is C28H35FN8. The molecule has 1 aliphatic heterocycles. The summed E-state index contributed by atoms with van der Waals surface area (Å²) in [6.07, 6.45) is 7.48. The molecule has 37 heavy (non-hydrogen) atoms. The Bertz CT molecular complexity index is 1370. The molecule has 0 radical (unpaired) electrons. The van der Waals surface area contributed by atoms with Gasteiger partial charge >= 0.3 is 0 Å². The predicted octanol–water partition coefficient (Wildman–Crippen LogP) is 5.89. The average Bonchev–Trinajstić information content (AvgIpc) is 3.25. The van der Waals surface area contributed by atoms with E-state index in [2.05, 4.69) is 57.8 Å². The number of likely N-dealkylation sites (tertiary alicyclic amines) is 1. The topological polar surface area (TPSA) is 84.7 Å². The molecule has 4 aromatic rings. The van der Waals surface area contributed by atoms with E-state index in [-0.39, 0.29) is 11.9 Å². The molecular weight excluding hydrogens is 467 g/mol. The summed E-state index contributed by atoms with van der Waals surface area (Å²) in [6, 6.07) is 5.37. The third-order valence-electron chi connectivity index (χ3n) is 7.59. The summed E-state index contributed by atoms with van der Waals surface area (Å²) < 4.78 is 17.0. The second-order valence-electron chi connectivity index (χ2n) is 10.2. The Morgan fingerprint density at radius 3 is 2.46 bits per heavy atom. The zero-order valence-corrected chi connectivity index (χ0v) is 22.2. The number of imidazole rings is 1. The van der Waals surface area contributed by atoms with E-state index in [1.165, 1.54) is 25.2 Å². The Morgan fingerprint density at radius 1 is 1.00 bits per heavy atom. The summed E-state index contributed by atoms with van der Waals surface area (Å²) in [4.78, 5) is 25.0. The number of benzene rings is 1. The van der Waals surface area contributed by atoms with Crippen molar-refractivity contribution in [1.82, 2.24) is 34.4 Å². The first kappa shape index (κ1) is 25.2. The Labute approximate surface area is 217 Å². The second-order valence-corrected chi connectivity index (χ2v) is 10.2. The molecule has 5 rings (SSSR count). The second kappa shape index (κ2) is 10.5. The first-order valence-corrected chi connectivity index (χ1v) is 13.2. The van der Waals surface area contributed by atoms with E-state index in [1.54, 1.807) is 12.3 Å². The Morgan fingerprint density at radius 2 is 1.78 bits per heavy atom. The highest BCUT2D eigenvalue weighted by Crippen LogP contribution is 2.32. The van der Waals surface area contributed by atoms with Gasteiger partial charge in [0.05, 0.1) is 29.3 Å². The first-order valence-electron chi connectivity index (χ1n) is 13.2. The highest BCUT2D eigenvalue weighted by atomic mass is 19.1. The van der Waals surface area contributed by atoms with Crippen LogP contribution in [0.1, 0.15) is 64.0 Å². The number of halogens is 1. The Balaban J connectivity index is 1.33. The van der Waals surface area contributed by atoms with Crippen molar-refractivity contribution in [2.75, 3.05) is 25.0 Å². The van der Waals surface area contributed by atoms with E-state index >= 15 is 0 Å². The van der Waals surface area contributed by atoms with Gasteiger partial charge < -0.3 is 14.8 Å². The first-order chi connectivity index (χ1) is 17.8. The van der Waals surface area contributed by atoms with Crippen LogP contribution in [0.5, 0.6) is 0 Å². The lowest BCUT2D eigenvalue weighted by atomic mass is 9.83. The third-order valence-corrected chi connectivity index (χ3v) is 7.59. The van der Waals surface area contributed by atoms with E-state index in [9.17, 15) is 4.39 Å².